The lowest BCUT2D eigenvalue weighted by molar-refractivity contribution is -0.384. The molecule has 0 saturated heterocycles. The predicted octanol–water partition coefficient (Wildman–Crippen LogP) is 4.86. The summed E-state index contributed by atoms with van der Waals surface area (Å²) in [6.07, 6.45) is 2.60. The number of nitrogen functional groups attached to an aromatic ring is 1. The van der Waals surface area contributed by atoms with Crippen LogP contribution in [0.5, 0.6) is 5.75 Å². The van der Waals surface area contributed by atoms with E-state index in [1.165, 1.54) is 24.3 Å². The molecule has 0 unspecified atom stereocenters. The quantitative estimate of drug-likeness (QED) is 0.0765. The van der Waals surface area contributed by atoms with Crippen LogP contribution in [0.1, 0.15) is 11.1 Å². The van der Waals surface area contributed by atoms with E-state index < -0.39 is 58.4 Å². The van der Waals surface area contributed by atoms with Gasteiger partial charge in [0, 0.05) is 45.3 Å². The molecule has 0 spiro atoms. The van der Waals surface area contributed by atoms with Crippen LogP contribution in [-0.2, 0) is 29.4 Å². The lowest BCUT2D eigenvalue weighted by Crippen LogP contribution is -2.12. The van der Waals surface area contributed by atoms with Crippen LogP contribution in [0.4, 0.5) is 22.7 Å². The second-order valence-electron chi connectivity index (χ2n) is 8.00. The molecule has 15 heteroatoms. The van der Waals surface area contributed by atoms with Crippen LogP contribution in [0.25, 0.3) is 22.9 Å². The van der Waals surface area contributed by atoms with E-state index in [1.54, 1.807) is 30.3 Å². The molecule has 0 saturated carbocycles. The van der Waals surface area contributed by atoms with E-state index in [0.717, 1.165) is 24.3 Å². The highest BCUT2D eigenvalue weighted by Crippen LogP contribution is 2.46. The predicted molar refractivity (Wildman–Crippen MR) is 138 cm³/mol. The smallest absolute Gasteiger partial charge is 0.269 e. The number of phenols is 1. The van der Waals surface area contributed by atoms with Crippen LogP contribution in [-0.4, -0.2) is 28.2 Å². The zero-order valence-corrected chi connectivity index (χ0v) is 21.1. The number of rotatable bonds is 7. The highest BCUT2D eigenvalue weighted by Gasteiger charge is 2.27. The van der Waals surface area contributed by atoms with E-state index in [2.05, 4.69) is 10.2 Å². The Kier molecular flexibility index (Phi) is 7.38. The van der Waals surface area contributed by atoms with E-state index in [0.29, 0.717) is 5.56 Å². The van der Waals surface area contributed by atoms with Gasteiger partial charge in [-0.1, -0.05) is 36.4 Å². The largest absolute Gasteiger partial charge is 0.612 e. The van der Waals surface area contributed by atoms with E-state index in [-0.39, 0.29) is 22.1 Å². The molecule has 0 radical (unpaired) electrons. The minimum atomic E-state index is -5.28. The maximum absolute atomic E-state index is 12.0. The maximum atomic E-state index is 12.0. The third-order valence-electron chi connectivity index (χ3n) is 5.48. The van der Waals surface area contributed by atoms with Crippen molar-refractivity contribution in [2.45, 2.75) is 9.79 Å². The van der Waals surface area contributed by atoms with Gasteiger partial charge in [-0.2, -0.15) is 5.11 Å². The van der Waals surface area contributed by atoms with Crippen molar-refractivity contribution in [3.63, 3.8) is 0 Å². The van der Waals surface area contributed by atoms with Gasteiger partial charge >= 0.3 is 0 Å². The molecule has 39 heavy (non-hydrogen) atoms. The van der Waals surface area contributed by atoms with Crippen molar-refractivity contribution in [1.29, 1.82) is 0 Å². The Morgan fingerprint density at radius 2 is 1.44 bits per heavy atom. The number of nitrogens with zero attached hydrogens (tertiary/aromatic N) is 3. The van der Waals surface area contributed by atoms with Gasteiger partial charge in [-0.15, -0.1) is 13.5 Å². The molecule has 4 aromatic rings. The standard InChI is InChI=1S/C24H16N4O9S2/c25-22-21-15(12-19(38(32,33)34)18(24(21)29)11-6-14-4-2-1-3-5-14)13-20(39(35,36)37)23(22)27-26-16-7-9-17(10-8-16)28(30)31/h1-13H,(H3-4,25,26,29,32,33,34,35,36,37)/q-2/b11-6-. The van der Waals surface area contributed by atoms with E-state index in [4.69, 9.17) is 5.73 Å². The number of benzene rings is 4. The van der Waals surface area contributed by atoms with Crippen molar-refractivity contribution >= 4 is 66.7 Å². The van der Waals surface area contributed by atoms with Crippen LogP contribution in [0.2, 0.25) is 0 Å². The summed E-state index contributed by atoms with van der Waals surface area (Å²) in [4.78, 5) is 8.31. The fourth-order valence-corrected chi connectivity index (χ4v) is 5.06. The SMILES string of the molecule is Nc1c(N=Nc2ccc([N+](=O)[O-])cc2)c([S+](=O)([O-])[O-])cc2cc([S+](=O)([O-])[O-])c(/C=C\c3ccccc3)c(O)c12. The molecule has 0 heterocycles. The summed E-state index contributed by atoms with van der Waals surface area (Å²) in [6, 6.07) is 14.7. The normalized spacial score (nSPS) is 12.5. The van der Waals surface area contributed by atoms with Crippen molar-refractivity contribution in [2.24, 2.45) is 10.2 Å². The number of aromatic hydroxyl groups is 1. The Hall–Kier alpha value is -4.38. The number of hydrogen-bond acceptors (Lipinski definition) is 12. The number of non-ortho nitro benzene ring substituents is 1. The minimum Gasteiger partial charge on any atom is -0.612 e. The number of nitro benzene ring substituents is 1. The van der Waals surface area contributed by atoms with Gasteiger partial charge < -0.3 is 29.1 Å². The summed E-state index contributed by atoms with van der Waals surface area (Å²) in [7, 11) is -10.5. The van der Waals surface area contributed by atoms with E-state index in [1.807, 2.05) is 0 Å². The van der Waals surface area contributed by atoms with Crippen LogP contribution in [0.15, 0.2) is 86.7 Å². The molecule has 13 nitrogen and oxygen atoms in total. The maximum Gasteiger partial charge on any atom is 0.269 e. The van der Waals surface area contributed by atoms with Gasteiger partial charge in [0.25, 0.3) is 5.69 Å². The molecule has 0 aliphatic rings. The van der Waals surface area contributed by atoms with Gasteiger partial charge in [0.15, 0.2) is 15.5 Å². The highest BCUT2D eigenvalue weighted by atomic mass is 32.3. The molecular formula is C24H16N4O9S2-2. The van der Waals surface area contributed by atoms with Crippen LogP contribution in [0, 0.1) is 10.1 Å². The van der Waals surface area contributed by atoms with E-state index in [9.17, 15) is 41.8 Å². The number of nitrogens with two attached hydrogens (primary N) is 1. The first-order valence-corrected chi connectivity index (χ1v) is 13.5. The number of phenolic OH excluding ortho intramolecular Hbond substituents is 1. The highest BCUT2D eigenvalue weighted by molar-refractivity contribution is 7.92. The molecule has 0 atom stereocenters. The summed E-state index contributed by atoms with van der Waals surface area (Å²) in [5, 5.41) is 28.8. The van der Waals surface area contributed by atoms with Gasteiger partial charge in [-0.25, -0.2) is 0 Å². The molecule has 4 aromatic carbocycles. The molecule has 0 bridgehead atoms. The van der Waals surface area contributed by atoms with Gasteiger partial charge in [0.05, 0.1) is 27.2 Å². The number of hydrogen-bond donors (Lipinski definition) is 2. The Morgan fingerprint density at radius 1 is 0.846 bits per heavy atom. The van der Waals surface area contributed by atoms with Crippen LogP contribution < -0.4 is 5.73 Å². The van der Waals surface area contributed by atoms with Gasteiger partial charge in [0.1, 0.15) is 5.75 Å². The fourth-order valence-electron chi connectivity index (χ4n) is 3.69. The molecule has 0 fully saturated rings. The molecule has 200 valence electrons. The molecule has 0 aromatic heterocycles. The average Bonchev–Trinajstić information content (AvgIpc) is 2.86. The lowest BCUT2D eigenvalue weighted by atomic mass is 10.0. The Morgan fingerprint density at radius 3 is 2.00 bits per heavy atom. The second kappa shape index (κ2) is 10.4. The first-order chi connectivity index (χ1) is 18.3. The summed E-state index contributed by atoms with van der Waals surface area (Å²) < 4.78 is 72.2. The van der Waals surface area contributed by atoms with Crippen LogP contribution in [0.3, 0.4) is 0 Å². The zero-order chi connectivity index (χ0) is 28.5. The average molecular weight is 569 g/mol. The van der Waals surface area contributed by atoms with Crippen molar-refractivity contribution in [1.82, 2.24) is 0 Å². The van der Waals surface area contributed by atoms with E-state index >= 15 is 0 Å². The van der Waals surface area contributed by atoms with Crippen molar-refractivity contribution in [3.05, 3.63) is 88.0 Å². The minimum absolute atomic E-state index is 0.0397. The Labute approximate surface area is 222 Å². The number of azo groups is 1. The zero-order valence-electron chi connectivity index (χ0n) is 19.5. The first-order valence-electron chi connectivity index (χ1n) is 10.7. The Bertz CT molecular complexity index is 1750. The number of fused-ring (bicyclic) bond motifs is 1. The van der Waals surface area contributed by atoms with Crippen molar-refractivity contribution in [3.8, 4) is 5.75 Å². The lowest BCUT2D eigenvalue weighted by Gasteiger charge is -2.23. The summed E-state index contributed by atoms with van der Waals surface area (Å²) in [5.41, 5.74) is 4.88. The van der Waals surface area contributed by atoms with Crippen molar-refractivity contribution < 1.29 is 36.7 Å². The molecule has 0 aliphatic heterocycles. The number of nitro groups is 1. The van der Waals surface area contributed by atoms with Gasteiger partial charge in [0.2, 0.25) is 0 Å². The van der Waals surface area contributed by atoms with Gasteiger partial charge in [-0.3, -0.25) is 10.1 Å². The molecule has 4 rings (SSSR count). The third kappa shape index (κ3) is 5.88. The topological polar surface area (TPSA) is 240 Å². The monoisotopic (exact) mass is 568 g/mol. The fraction of sp³-hybridized carbons (Fsp3) is 0. The Balaban J connectivity index is 1.97. The molecule has 0 aliphatic carbocycles. The third-order valence-corrected chi connectivity index (χ3v) is 7.21. The summed E-state index contributed by atoms with van der Waals surface area (Å²) in [5.74, 6) is -0.784. The number of anilines is 1. The molecular weight excluding hydrogens is 552 g/mol. The summed E-state index contributed by atoms with van der Waals surface area (Å²) >= 11 is 0. The first kappa shape index (κ1) is 27.6. The van der Waals surface area contributed by atoms with Crippen molar-refractivity contribution in [2.75, 3.05) is 5.73 Å². The molecule has 3 N–H and O–H groups in total. The van der Waals surface area contributed by atoms with Crippen LogP contribution >= 0.6 is 0 Å². The second-order valence-corrected chi connectivity index (χ2v) is 10.7. The molecule has 0 amide bonds. The van der Waals surface area contributed by atoms with Gasteiger partial charge in [-0.05, 0) is 29.2 Å². The summed E-state index contributed by atoms with van der Waals surface area (Å²) in [6.45, 7) is 0.